The molecule has 4 atom stereocenters. The molecule has 0 amide bonds. The quantitative estimate of drug-likeness (QED) is 0.682. The van der Waals surface area contributed by atoms with E-state index in [9.17, 15) is 5.11 Å². The highest BCUT2D eigenvalue weighted by molar-refractivity contribution is 4.91. The normalized spacial score (nSPS) is 31.9. The van der Waals surface area contributed by atoms with Crippen LogP contribution in [0, 0.1) is 17.8 Å². The molecule has 0 aliphatic heterocycles. The Hall–Kier alpha value is -0.120. The highest BCUT2D eigenvalue weighted by Crippen LogP contribution is 2.48. The standard InChI is InChI=1S/C17H34N2O/c1-4-18-17(2,13-20)8-5-9-19(3)12-16-11-14-6-7-15(16)10-14/h14-16,18,20H,4-13H2,1-3H3. The van der Waals surface area contributed by atoms with Gasteiger partial charge in [0.25, 0.3) is 0 Å². The molecule has 0 aromatic heterocycles. The largest absolute Gasteiger partial charge is 0.394 e. The van der Waals surface area contributed by atoms with E-state index in [2.05, 4.69) is 31.1 Å². The van der Waals surface area contributed by atoms with Gasteiger partial charge in [0, 0.05) is 12.1 Å². The van der Waals surface area contributed by atoms with Gasteiger partial charge in [-0.3, -0.25) is 0 Å². The molecular weight excluding hydrogens is 248 g/mol. The number of likely N-dealkylation sites (N-methyl/N-ethyl adjacent to an activating group) is 1. The Morgan fingerprint density at radius 1 is 1.30 bits per heavy atom. The number of aliphatic hydroxyl groups is 1. The van der Waals surface area contributed by atoms with Gasteiger partial charge in [-0.2, -0.15) is 0 Å². The lowest BCUT2D eigenvalue weighted by Gasteiger charge is -2.30. The highest BCUT2D eigenvalue weighted by Gasteiger charge is 2.39. The van der Waals surface area contributed by atoms with E-state index in [0.717, 1.165) is 37.3 Å². The summed E-state index contributed by atoms with van der Waals surface area (Å²) >= 11 is 0. The van der Waals surface area contributed by atoms with Crippen LogP contribution in [0.15, 0.2) is 0 Å². The minimum atomic E-state index is -0.0952. The molecule has 0 heterocycles. The molecule has 0 aromatic carbocycles. The van der Waals surface area contributed by atoms with Crippen LogP contribution in [-0.2, 0) is 0 Å². The molecule has 2 bridgehead atoms. The number of nitrogens with zero attached hydrogens (tertiary/aromatic N) is 1. The van der Waals surface area contributed by atoms with Gasteiger partial charge in [0.2, 0.25) is 0 Å². The molecule has 0 radical (unpaired) electrons. The van der Waals surface area contributed by atoms with Crippen LogP contribution < -0.4 is 5.32 Å². The SMILES string of the molecule is CCNC(C)(CO)CCCN(C)CC1CC2CCC1C2. The molecule has 2 saturated carbocycles. The van der Waals surface area contributed by atoms with E-state index in [-0.39, 0.29) is 12.1 Å². The summed E-state index contributed by atoms with van der Waals surface area (Å²) < 4.78 is 0. The zero-order chi connectivity index (χ0) is 14.6. The van der Waals surface area contributed by atoms with Crippen molar-refractivity contribution < 1.29 is 5.11 Å². The topological polar surface area (TPSA) is 35.5 Å². The Labute approximate surface area is 125 Å². The summed E-state index contributed by atoms with van der Waals surface area (Å²) in [6.07, 6.45) is 8.22. The number of rotatable bonds is 9. The third kappa shape index (κ3) is 4.19. The Morgan fingerprint density at radius 2 is 2.10 bits per heavy atom. The number of fused-ring (bicyclic) bond motifs is 2. The fourth-order valence-corrected chi connectivity index (χ4v) is 4.48. The van der Waals surface area contributed by atoms with Crippen LogP contribution in [0.1, 0.15) is 52.4 Å². The molecule has 2 fully saturated rings. The molecule has 4 unspecified atom stereocenters. The maximum absolute atomic E-state index is 9.51. The molecule has 118 valence electrons. The first-order valence-electron chi connectivity index (χ1n) is 8.60. The summed E-state index contributed by atoms with van der Waals surface area (Å²) in [5.74, 6) is 3.06. The van der Waals surface area contributed by atoms with Gasteiger partial charge < -0.3 is 15.3 Å². The van der Waals surface area contributed by atoms with Crippen LogP contribution in [0.2, 0.25) is 0 Å². The van der Waals surface area contributed by atoms with Crippen LogP contribution in [0.25, 0.3) is 0 Å². The molecule has 3 nitrogen and oxygen atoms in total. The molecule has 2 rings (SSSR count). The van der Waals surface area contributed by atoms with E-state index in [0.29, 0.717) is 0 Å². The van der Waals surface area contributed by atoms with Crippen molar-refractivity contribution in [1.82, 2.24) is 10.2 Å². The monoisotopic (exact) mass is 282 g/mol. The predicted octanol–water partition coefficient (Wildman–Crippen LogP) is 2.50. The van der Waals surface area contributed by atoms with Crippen molar-refractivity contribution in [3.8, 4) is 0 Å². The Kier molecular flexibility index (Phi) is 5.88. The fraction of sp³-hybridized carbons (Fsp3) is 1.00. The molecule has 2 aliphatic rings. The van der Waals surface area contributed by atoms with Crippen molar-refractivity contribution in [2.75, 3.05) is 33.3 Å². The summed E-state index contributed by atoms with van der Waals surface area (Å²) in [4.78, 5) is 2.52. The average molecular weight is 282 g/mol. The summed E-state index contributed by atoms with van der Waals surface area (Å²) in [6, 6.07) is 0. The van der Waals surface area contributed by atoms with Gasteiger partial charge in [0.15, 0.2) is 0 Å². The van der Waals surface area contributed by atoms with Crippen LogP contribution in [0.5, 0.6) is 0 Å². The van der Waals surface area contributed by atoms with Crippen molar-refractivity contribution in [1.29, 1.82) is 0 Å². The Morgan fingerprint density at radius 3 is 2.65 bits per heavy atom. The van der Waals surface area contributed by atoms with Crippen LogP contribution in [0.4, 0.5) is 0 Å². The van der Waals surface area contributed by atoms with E-state index in [1.807, 2.05) is 0 Å². The number of hydrogen-bond acceptors (Lipinski definition) is 3. The number of hydrogen-bond donors (Lipinski definition) is 2. The summed E-state index contributed by atoms with van der Waals surface area (Å²) in [5, 5.41) is 12.9. The van der Waals surface area contributed by atoms with Gasteiger partial charge in [-0.1, -0.05) is 13.3 Å². The van der Waals surface area contributed by atoms with Crippen molar-refractivity contribution >= 4 is 0 Å². The molecule has 2 aliphatic carbocycles. The van der Waals surface area contributed by atoms with Crippen LogP contribution in [0.3, 0.4) is 0 Å². The second-order valence-corrected chi connectivity index (χ2v) is 7.55. The van der Waals surface area contributed by atoms with E-state index in [4.69, 9.17) is 0 Å². The minimum absolute atomic E-state index is 0.0952. The second-order valence-electron chi connectivity index (χ2n) is 7.55. The fourth-order valence-electron chi connectivity index (χ4n) is 4.48. The van der Waals surface area contributed by atoms with E-state index in [1.165, 1.54) is 38.6 Å². The smallest absolute Gasteiger partial charge is 0.0610 e. The summed E-state index contributed by atoms with van der Waals surface area (Å²) in [7, 11) is 2.27. The molecule has 20 heavy (non-hydrogen) atoms. The van der Waals surface area contributed by atoms with Gasteiger partial charge in [0.05, 0.1) is 6.61 Å². The lowest BCUT2D eigenvalue weighted by Crippen LogP contribution is -2.46. The Balaban J connectivity index is 1.64. The lowest BCUT2D eigenvalue weighted by atomic mass is 9.88. The van der Waals surface area contributed by atoms with Gasteiger partial charge >= 0.3 is 0 Å². The van der Waals surface area contributed by atoms with Gasteiger partial charge in [-0.05, 0) is 76.9 Å². The van der Waals surface area contributed by atoms with Crippen LogP contribution in [-0.4, -0.2) is 48.8 Å². The van der Waals surface area contributed by atoms with Crippen molar-refractivity contribution in [2.24, 2.45) is 17.8 Å². The molecular formula is C17H34N2O. The maximum Gasteiger partial charge on any atom is 0.0610 e. The highest BCUT2D eigenvalue weighted by atomic mass is 16.3. The molecule has 0 aromatic rings. The van der Waals surface area contributed by atoms with Crippen molar-refractivity contribution in [2.45, 2.75) is 57.9 Å². The van der Waals surface area contributed by atoms with Gasteiger partial charge in [-0.25, -0.2) is 0 Å². The lowest BCUT2D eigenvalue weighted by molar-refractivity contribution is 0.156. The van der Waals surface area contributed by atoms with E-state index in [1.54, 1.807) is 0 Å². The first-order valence-corrected chi connectivity index (χ1v) is 8.60. The predicted molar refractivity (Wildman–Crippen MR) is 84.8 cm³/mol. The number of nitrogens with one attached hydrogen (secondary N) is 1. The average Bonchev–Trinajstić information content (AvgIpc) is 3.01. The molecule has 2 N–H and O–H groups in total. The zero-order valence-electron chi connectivity index (χ0n) is 13.7. The first kappa shape index (κ1) is 16.3. The first-order chi connectivity index (χ1) is 9.56. The van der Waals surface area contributed by atoms with Crippen molar-refractivity contribution in [3.05, 3.63) is 0 Å². The van der Waals surface area contributed by atoms with Gasteiger partial charge in [-0.15, -0.1) is 0 Å². The van der Waals surface area contributed by atoms with Crippen LogP contribution >= 0.6 is 0 Å². The van der Waals surface area contributed by atoms with E-state index < -0.39 is 0 Å². The minimum Gasteiger partial charge on any atom is -0.394 e. The van der Waals surface area contributed by atoms with E-state index >= 15 is 0 Å². The molecule has 3 heteroatoms. The maximum atomic E-state index is 9.51. The third-order valence-electron chi connectivity index (χ3n) is 5.65. The zero-order valence-corrected chi connectivity index (χ0v) is 13.7. The molecule has 0 spiro atoms. The third-order valence-corrected chi connectivity index (χ3v) is 5.65. The summed E-state index contributed by atoms with van der Waals surface area (Å²) in [6.45, 7) is 7.85. The van der Waals surface area contributed by atoms with Gasteiger partial charge in [0.1, 0.15) is 0 Å². The van der Waals surface area contributed by atoms with Crippen molar-refractivity contribution in [3.63, 3.8) is 0 Å². The number of aliphatic hydroxyl groups excluding tert-OH is 1. The molecule has 0 saturated heterocycles. The summed E-state index contributed by atoms with van der Waals surface area (Å²) in [5.41, 5.74) is -0.0952. The Bertz CT molecular complexity index is 297. The second kappa shape index (κ2) is 7.24.